The van der Waals surface area contributed by atoms with Crippen LogP contribution in [0.2, 0.25) is 0 Å². The summed E-state index contributed by atoms with van der Waals surface area (Å²) >= 11 is 0. The van der Waals surface area contributed by atoms with Crippen molar-refractivity contribution in [2.24, 2.45) is 5.41 Å². The molecule has 6 heteroatoms. The highest BCUT2D eigenvalue weighted by atomic mass is 16.5. The largest absolute Gasteiger partial charge is 0.494 e. The molecule has 0 radical (unpaired) electrons. The molecular formula is C41H54O6. The van der Waals surface area contributed by atoms with E-state index in [2.05, 4.69) is 39.0 Å². The summed E-state index contributed by atoms with van der Waals surface area (Å²) in [7, 11) is 0. The topological polar surface area (TPSA) is 63.2 Å². The minimum Gasteiger partial charge on any atom is -0.494 e. The summed E-state index contributed by atoms with van der Waals surface area (Å²) in [4.78, 5) is 13.1. The van der Waals surface area contributed by atoms with Crippen molar-refractivity contribution in [3.8, 4) is 28.4 Å². The zero-order valence-corrected chi connectivity index (χ0v) is 28.8. The van der Waals surface area contributed by atoms with Gasteiger partial charge in [-0.3, -0.25) is 0 Å². The van der Waals surface area contributed by atoms with E-state index in [-0.39, 0.29) is 17.3 Å². The molecule has 1 fully saturated rings. The van der Waals surface area contributed by atoms with Crippen LogP contribution in [-0.4, -0.2) is 45.6 Å². The average molecular weight is 643 g/mol. The van der Waals surface area contributed by atoms with Crippen molar-refractivity contribution in [3.05, 3.63) is 77.4 Å². The van der Waals surface area contributed by atoms with Crippen LogP contribution in [0.25, 0.3) is 11.1 Å². The maximum absolute atomic E-state index is 13.1. The van der Waals surface area contributed by atoms with Crippen LogP contribution in [-0.2, 0) is 9.47 Å². The van der Waals surface area contributed by atoms with Gasteiger partial charge in [-0.15, -0.1) is 0 Å². The number of ether oxygens (including phenoxy) is 5. The molecule has 0 N–H and O–H groups in total. The molecule has 3 aromatic rings. The lowest BCUT2D eigenvalue weighted by atomic mass is 9.84. The van der Waals surface area contributed by atoms with Crippen LogP contribution in [0.5, 0.6) is 17.2 Å². The molecule has 0 aromatic heterocycles. The van der Waals surface area contributed by atoms with Crippen molar-refractivity contribution in [3.63, 3.8) is 0 Å². The molecule has 0 bridgehead atoms. The van der Waals surface area contributed by atoms with Crippen molar-refractivity contribution in [1.82, 2.24) is 0 Å². The minimum atomic E-state index is -0.356. The Balaban J connectivity index is 1.03. The quantitative estimate of drug-likeness (QED) is 0.0655. The van der Waals surface area contributed by atoms with E-state index in [9.17, 15) is 4.79 Å². The van der Waals surface area contributed by atoms with Gasteiger partial charge < -0.3 is 23.7 Å². The number of unbranched alkanes of at least 4 members (excludes halogenated alkanes) is 8. The smallest absolute Gasteiger partial charge is 0.343 e. The molecule has 1 heterocycles. The second-order valence-electron chi connectivity index (χ2n) is 13.4. The maximum Gasteiger partial charge on any atom is 0.343 e. The van der Waals surface area contributed by atoms with Crippen LogP contribution < -0.4 is 14.2 Å². The molecule has 3 aromatic carbocycles. The van der Waals surface area contributed by atoms with Crippen LogP contribution in [0.15, 0.2) is 60.7 Å². The second kappa shape index (κ2) is 17.7. The van der Waals surface area contributed by atoms with E-state index < -0.39 is 0 Å². The molecule has 2 aliphatic rings. The van der Waals surface area contributed by atoms with Gasteiger partial charge in [0.15, 0.2) is 0 Å². The third-order valence-corrected chi connectivity index (χ3v) is 9.76. The molecular weight excluding hydrogens is 588 g/mol. The fourth-order valence-electron chi connectivity index (χ4n) is 6.46. The molecule has 0 spiro atoms. The number of benzene rings is 3. The molecule has 6 nitrogen and oxygen atoms in total. The highest BCUT2D eigenvalue weighted by Crippen LogP contribution is 2.46. The van der Waals surface area contributed by atoms with Gasteiger partial charge in [0.2, 0.25) is 0 Å². The predicted molar refractivity (Wildman–Crippen MR) is 188 cm³/mol. The summed E-state index contributed by atoms with van der Waals surface area (Å²) in [5.41, 5.74) is 5.57. The highest BCUT2D eigenvalue weighted by Gasteiger charge is 2.36. The van der Waals surface area contributed by atoms with Gasteiger partial charge in [0.1, 0.15) is 17.2 Å². The monoisotopic (exact) mass is 642 g/mol. The summed E-state index contributed by atoms with van der Waals surface area (Å²) in [6.07, 6.45) is 12.9. The van der Waals surface area contributed by atoms with Gasteiger partial charge in [-0.05, 0) is 103 Å². The van der Waals surface area contributed by atoms with Crippen LogP contribution in [0.3, 0.4) is 0 Å². The first-order valence-electron chi connectivity index (χ1n) is 18.0. The Labute approximate surface area is 282 Å². The van der Waals surface area contributed by atoms with Gasteiger partial charge in [0, 0.05) is 17.9 Å². The number of hydrogen-bond acceptors (Lipinski definition) is 6. The fourth-order valence-corrected chi connectivity index (χ4v) is 6.46. The average Bonchev–Trinajstić information content (AvgIpc) is 3.35. The van der Waals surface area contributed by atoms with Gasteiger partial charge in [-0.2, -0.15) is 0 Å². The van der Waals surface area contributed by atoms with E-state index in [1.165, 1.54) is 48.8 Å². The zero-order valence-electron chi connectivity index (χ0n) is 28.8. The summed E-state index contributed by atoms with van der Waals surface area (Å²) in [5, 5.41) is 0. The van der Waals surface area contributed by atoms with Crippen molar-refractivity contribution < 1.29 is 28.5 Å². The van der Waals surface area contributed by atoms with E-state index in [4.69, 9.17) is 23.7 Å². The first-order chi connectivity index (χ1) is 23.0. The van der Waals surface area contributed by atoms with Crippen molar-refractivity contribution in [2.75, 3.05) is 39.6 Å². The zero-order chi connectivity index (χ0) is 32.9. The van der Waals surface area contributed by atoms with E-state index in [0.717, 1.165) is 82.0 Å². The van der Waals surface area contributed by atoms with E-state index >= 15 is 0 Å². The van der Waals surface area contributed by atoms with Gasteiger partial charge in [-0.25, -0.2) is 4.79 Å². The number of carbonyl (C=O) groups excluding carboxylic acids is 1. The molecule has 47 heavy (non-hydrogen) atoms. The number of esters is 1. The highest BCUT2D eigenvalue weighted by molar-refractivity contribution is 5.93. The molecule has 0 saturated carbocycles. The first kappa shape index (κ1) is 35.0. The molecule has 1 aliphatic heterocycles. The van der Waals surface area contributed by atoms with Crippen molar-refractivity contribution in [2.45, 2.75) is 97.3 Å². The summed E-state index contributed by atoms with van der Waals surface area (Å²) in [5.74, 6) is 2.02. The summed E-state index contributed by atoms with van der Waals surface area (Å²) < 4.78 is 29.0. The lowest BCUT2D eigenvalue weighted by Gasteiger charge is -2.40. The molecule has 1 atom stereocenters. The molecule has 254 valence electrons. The molecule has 0 amide bonds. The Bertz CT molecular complexity index is 1400. The minimum absolute atomic E-state index is 0.165. The second-order valence-corrected chi connectivity index (χ2v) is 13.4. The summed E-state index contributed by atoms with van der Waals surface area (Å²) in [6.45, 7) is 11.4. The lowest BCUT2D eigenvalue weighted by Crippen LogP contribution is -2.45. The van der Waals surface area contributed by atoms with Gasteiger partial charge in [-0.1, -0.05) is 71.4 Å². The first-order valence-corrected chi connectivity index (χ1v) is 18.0. The van der Waals surface area contributed by atoms with Crippen molar-refractivity contribution >= 4 is 5.97 Å². The van der Waals surface area contributed by atoms with E-state index in [0.29, 0.717) is 24.5 Å². The maximum atomic E-state index is 13.1. The number of fused-ring (bicyclic) bond motifs is 3. The van der Waals surface area contributed by atoms with Gasteiger partial charge in [0.25, 0.3) is 0 Å². The van der Waals surface area contributed by atoms with Crippen LogP contribution >= 0.6 is 0 Å². The van der Waals surface area contributed by atoms with E-state index in [1.54, 1.807) is 12.1 Å². The number of hydrogen-bond donors (Lipinski definition) is 0. The third-order valence-electron chi connectivity index (χ3n) is 9.76. The SMILES string of the molecule is CCCCCCCCOc1ccc(OC(=O)c2ccc3c(c2)C(C)c2cc(OCCCCCCOCC4(CC)COC4)ccc2-3)cc1. The lowest BCUT2D eigenvalue weighted by molar-refractivity contribution is -0.150. The van der Waals surface area contributed by atoms with Gasteiger partial charge in [0.05, 0.1) is 38.6 Å². The normalized spacial score (nSPS) is 15.9. The van der Waals surface area contributed by atoms with Crippen LogP contribution in [0.4, 0.5) is 0 Å². The van der Waals surface area contributed by atoms with Crippen LogP contribution in [0.1, 0.15) is 119 Å². The molecule has 1 aliphatic carbocycles. The number of rotatable bonds is 21. The Morgan fingerprint density at radius 2 is 1.28 bits per heavy atom. The summed E-state index contributed by atoms with van der Waals surface area (Å²) in [6, 6.07) is 19.6. The molecule has 5 rings (SSSR count). The Morgan fingerprint density at radius 3 is 1.94 bits per heavy atom. The predicted octanol–water partition coefficient (Wildman–Crippen LogP) is 10.2. The Kier molecular flexibility index (Phi) is 13.2. The van der Waals surface area contributed by atoms with Crippen molar-refractivity contribution in [1.29, 1.82) is 0 Å². The fraction of sp³-hybridized carbons (Fsp3) is 0.537. The Morgan fingerprint density at radius 1 is 0.702 bits per heavy atom. The van der Waals surface area contributed by atoms with Gasteiger partial charge >= 0.3 is 5.97 Å². The molecule has 1 unspecified atom stereocenters. The van der Waals surface area contributed by atoms with Crippen LogP contribution in [0, 0.1) is 5.41 Å². The Hall–Kier alpha value is -3.35. The van der Waals surface area contributed by atoms with E-state index in [1.807, 2.05) is 30.3 Å². The molecule has 1 saturated heterocycles. The third kappa shape index (κ3) is 9.61. The number of carbonyl (C=O) groups is 1. The standard InChI is InChI=1S/C41H54O6/c1-4-6-7-8-9-13-24-45-33-16-18-34(19-17-33)47-40(42)32-15-21-36-37-22-20-35(27-39(37)31(3)38(36)26-32)46-25-14-11-10-12-23-43-28-41(5-2)29-44-30-41/h15-22,26-27,31H,4-14,23-25,28-30H2,1-3H3.